The Bertz CT molecular complexity index is 585. The maximum absolute atomic E-state index is 14.0. The first-order chi connectivity index (χ1) is 11.1. The molecule has 1 aromatic rings. The van der Waals surface area contributed by atoms with Crippen molar-refractivity contribution in [2.24, 2.45) is 0 Å². The van der Waals surface area contributed by atoms with Gasteiger partial charge in [0.25, 0.3) is 0 Å². The van der Waals surface area contributed by atoms with Crippen molar-refractivity contribution in [2.45, 2.75) is 19.5 Å². The summed E-state index contributed by atoms with van der Waals surface area (Å²) in [6.45, 7) is 1.55. The van der Waals surface area contributed by atoms with E-state index >= 15 is 0 Å². The summed E-state index contributed by atoms with van der Waals surface area (Å²) in [4.78, 5) is 21.2. The highest BCUT2D eigenvalue weighted by Gasteiger charge is 2.69. The van der Waals surface area contributed by atoms with Gasteiger partial charge in [0.15, 0.2) is 11.6 Å². The van der Waals surface area contributed by atoms with Crippen LogP contribution in [0.4, 0.5) is 26.8 Å². The lowest BCUT2D eigenvalue weighted by Crippen LogP contribution is -2.66. The van der Waals surface area contributed by atoms with Gasteiger partial charge in [-0.25, -0.2) is 9.18 Å². The summed E-state index contributed by atoms with van der Waals surface area (Å²) in [6, 6.07) is 2.30. The number of hydrogen-bond donors (Lipinski definition) is 1. The average molecular weight is 375 g/mol. The van der Waals surface area contributed by atoms with Gasteiger partial charge in [-0.1, -0.05) is 15.7 Å². The predicted octanol–water partition coefficient (Wildman–Crippen LogP) is 2.79. The van der Waals surface area contributed by atoms with Crippen LogP contribution in [0, 0.1) is 11.6 Å². The molecule has 6 nitrogen and oxygen atoms in total. The van der Waals surface area contributed by atoms with Crippen LogP contribution in [0.15, 0.2) is 18.2 Å². The smallest absolute Gasteiger partial charge is 0.405 e. The summed E-state index contributed by atoms with van der Waals surface area (Å²) in [5, 5.41) is -1.78. The fourth-order valence-electron chi connectivity index (χ4n) is 1.54. The molecule has 0 unspecified atom stereocenters. The second-order valence-corrected chi connectivity index (χ2v) is 6.53. The highest BCUT2D eigenvalue weighted by Crippen LogP contribution is 2.33. The summed E-state index contributed by atoms with van der Waals surface area (Å²) in [5.41, 5.74) is -4.92. The number of rotatable bonds is 7. The molecule has 0 heterocycles. The second-order valence-electron chi connectivity index (χ2n) is 4.19. The van der Waals surface area contributed by atoms with Crippen molar-refractivity contribution in [3.05, 3.63) is 29.8 Å². The molecule has 0 fully saturated rings. The number of ether oxygens (including phenoxy) is 1. The lowest BCUT2D eigenvalue weighted by atomic mass is 10.3. The number of carbonyl (C=O) groups excluding carboxylic acids is 1. The molecule has 0 aliphatic carbocycles. The van der Waals surface area contributed by atoms with Crippen LogP contribution in [0.5, 0.6) is 5.75 Å². The molecular weight excluding hydrogens is 361 g/mol. The molecule has 0 atom stereocenters. The van der Waals surface area contributed by atoms with Crippen molar-refractivity contribution >= 4 is 14.9 Å². The Kier molecular flexibility index (Phi) is 6.65. The number of amides is 1. The standard InChI is InChI=1S/C12H14F5NO5Si/c1-3-21-24(20,22-4-2)12(15,16)18(17)11(19)23-9-7-5-6-8(13)10(9)14/h5-7,20H,3-4H2,1-2H3. The molecule has 1 rings (SSSR count). The molecular formula is C12H14F5NO5Si. The minimum Gasteiger partial charge on any atom is -0.405 e. The number of hydrogen-bond acceptors (Lipinski definition) is 5. The van der Waals surface area contributed by atoms with E-state index in [1.165, 1.54) is 13.8 Å². The molecule has 1 aromatic carbocycles. The van der Waals surface area contributed by atoms with E-state index in [0.29, 0.717) is 6.07 Å². The quantitative estimate of drug-likeness (QED) is 0.344. The van der Waals surface area contributed by atoms with Crippen LogP contribution in [0.3, 0.4) is 0 Å². The van der Waals surface area contributed by atoms with Gasteiger partial charge >= 0.3 is 20.6 Å². The summed E-state index contributed by atoms with van der Waals surface area (Å²) < 4.78 is 80.9. The lowest BCUT2D eigenvalue weighted by Gasteiger charge is -2.32. The largest absolute Gasteiger partial charge is 0.600 e. The SMILES string of the molecule is CCO[Si](O)(OCC)C(F)(F)N(F)C(=O)Oc1cccc(F)c1F. The molecule has 0 spiro atoms. The monoisotopic (exact) mass is 375 g/mol. The Morgan fingerprint density at radius 2 is 1.79 bits per heavy atom. The molecule has 0 aliphatic heterocycles. The summed E-state index contributed by atoms with van der Waals surface area (Å²) in [5.74, 6) is -4.23. The molecule has 0 aromatic heterocycles. The van der Waals surface area contributed by atoms with Crippen LogP contribution in [-0.4, -0.2) is 43.7 Å². The first-order valence-electron chi connectivity index (χ1n) is 6.60. The van der Waals surface area contributed by atoms with Gasteiger partial charge in [0.1, 0.15) is 0 Å². The Morgan fingerprint density at radius 3 is 2.29 bits per heavy atom. The van der Waals surface area contributed by atoms with E-state index in [0.717, 1.165) is 12.1 Å². The van der Waals surface area contributed by atoms with Crippen molar-refractivity contribution < 1.29 is 45.2 Å². The third kappa shape index (κ3) is 4.01. The fourth-order valence-corrected chi connectivity index (χ4v) is 3.09. The highest BCUT2D eigenvalue weighted by molar-refractivity contribution is 6.62. The molecule has 0 saturated carbocycles. The van der Waals surface area contributed by atoms with Gasteiger partial charge in [-0.05, 0) is 26.0 Å². The van der Waals surface area contributed by atoms with Crippen LogP contribution in [-0.2, 0) is 8.85 Å². The van der Waals surface area contributed by atoms with E-state index in [9.17, 15) is 31.6 Å². The normalized spacial score (nSPS) is 12.2. The molecule has 0 aliphatic rings. The van der Waals surface area contributed by atoms with Crippen molar-refractivity contribution in [1.82, 2.24) is 5.12 Å². The number of halogens is 5. The minimum absolute atomic E-state index is 0.459. The molecule has 12 heteroatoms. The summed E-state index contributed by atoms with van der Waals surface area (Å²) >= 11 is 0. The van der Waals surface area contributed by atoms with Crippen LogP contribution < -0.4 is 4.74 Å². The Morgan fingerprint density at radius 1 is 1.25 bits per heavy atom. The zero-order valence-electron chi connectivity index (χ0n) is 12.6. The minimum atomic E-state index is -5.50. The fraction of sp³-hybridized carbons (Fsp3) is 0.417. The van der Waals surface area contributed by atoms with E-state index in [1.54, 1.807) is 0 Å². The number of carbonyl (C=O) groups is 1. The third-order valence-electron chi connectivity index (χ3n) is 2.58. The van der Waals surface area contributed by atoms with E-state index < -0.39 is 56.3 Å². The molecule has 0 bridgehead atoms. The summed E-state index contributed by atoms with van der Waals surface area (Å²) in [7, 11) is -5.50. The van der Waals surface area contributed by atoms with Crippen LogP contribution >= 0.6 is 0 Å². The zero-order chi connectivity index (χ0) is 18.5. The van der Waals surface area contributed by atoms with Gasteiger partial charge in [0.05, 0.1) is 0 Å². The first-order valence-corrected chi connectivity index (χ1v) is 8.37. The van der Waals surface area contributed by atoms with Crippen molar-refractivity contribution in [2.75, 3.05) is 13.2 Å². The van der Waals surface area contributed by atoms with Crippen LogP contribution in [0.2, 0.25) is 0 Å². The highest BCUT2D eigenvalue weighted by atomic mass is 28.4. The van der Waals surface area contributed by atoms with Crippen molar-refractivity contribution in [1.29, 1.82) is 0 Å². The van der Waals surface area contributed by atoms with Gasteiger partial charge in [0.2, 0.25) is 5.82 Å². The Balaban J connectivity index is 3.02. The van der Waals surface area contributed by atoms with Gasteiger partial charge in [0, 0.05) is 13.2 Å². The van der Waals surface area contributed by atoms with Crippen LogP contribution in [0.1, 0.15) is 13.8 Å². The topological polar surface area (TPSA) is 68.2 Å². The van der Waals surface area contributed by atoms with Crippen molar-refractivity contribution in [3.8, 4) is 5.75 Å². The molecule has 1 amide bonds. The molecule has 0 radical (unpaired) electrons. The average Bonchev–Trinajstić information content (AvgIpc) is 2.51. The van der Waals surface area contributed by atoms with Crippen molar-refractivity contribution in [3.63, 3.8) is 0 Å². The summed E-state index contributed by atoms with van der Waals surface area (Å²) in [6.07, 6.45) is -2.39. The number of benzene rings is 1. The third-order valence-corrected chi connectivity index (χ3v) is 4.90. The Labute approximate surface area is 134 Å². The van der Waals surface area contributed by atoms with E-state index in [2.05, 4.69) is 13.6 Å². The molecule has 1 N–H and O–H groups in total. The maximum Gasteiger partial charge on any atom is 0.600 e. The molecule has 0 saturated heterocycles. The second kappa shape index (κ2) is 7.87. The predicted molar refractivity (Wildman–Crippen MR) is 71.5 cm³/mol. The van der Waals surface area contributed by atoms with Gasteiger partial charge in [-0.3, -0.25) is 0 Å². The van der Waals surface area contributed by atoms with E-state index in [4.69, 9.17) is 0 Å². The molecule has 136 valence electrons. The van der Waals surface area contributed by atoms with Gasteiger partial charge in [-0.15, -0.1) is 0 Å². The van der Waals surface area contributed by atoms with E-state index in [1.807, 2.05) is 0 Å². The Hall–Kier alpha value is -1.76. The number of nitrogens with zero attached hydrogens (tertiary/aromatic N) is 1. The lowest BCUT2D eigenvalue weighted by molar-refractivity contribution is -0.194. The van der Waals surface area contributed by atoms with Gasteiger partial charge in [-0.2, -0.15) is 13.2 Å². The number of alkyl halides is 2. The van der Waals surface area contributed by atoms with Gasteiger partial charge < -0.3 is 18.4 Å². The van der Waals surface area contributed by atoms with Crippen LogP contribution in [0.25, 0.3) is 0 Å². The van der Waals surface area contributed by atoms with E-state index in [-0.39, 0.29) is 0 Å². The maximum atomic E-state index is 14.0. The first kappa shape index (κ1) is 20.3. The molecule has 24 heavy (non-hydrogen) atoms. The zero-order valence-corrected chi connectivity index (χ0v) is 13.6.